The number of aryl methyl sites for hydroxylation is 1. The van der Waals surface area contributed by atoms with Crippen molar-refractivity contribution in [3.8, 4) is 11.4 Å². The summed E-state index contributed by atoms with van der Waals surface area (Å²) in [5.41, 5.74) is 5.52. The number of nitrogens with one attached hydrogen (secondary N) is 3. The molecule has 25 heavy (non-hydrogen) atoms. The monoisotopic (exact) mass is 333 g/mol. The molecule has 0 saturated carbocycles. The lowest BCUT2D eigenvalue weighted by Gasteiger charge is -2.11. The minimum Gasteiger partial charge on any atom is -0.374 e. The molecule has 0 spiro atoms. The smallest absolute Gasteiger partial charge is 0.181 e. The van der Waals surface area contributed by atoms with Crippen molar-refractivity contribution in [3.05, 3.63) is 71.5 Å². The topological polar surface area (TPSA) is 89.6 Å². The minimum absolute atomic E-state index is 0.596. The van der Waals surface area contributed by atoms with E-state index in [9.17, 15) is 5.11 Å². The molecule has 1 atom stereocenters. The van der Waals surface area contributed by atoms with Gasteiger partial charge in [0.2, 0.25) is 0 Å². The van der Waals surface area contributed by atoms with E-state index in [1.54, 1.807) is 12.4 Å². The van der Waals surface area contributed by atoms with Gasteiger partial charge in [0.15, 0.2) is 5.65 Å². The van der Waals surface area contributed by atoms with E-state index in [0.29, 0.717) is 12.2 Å². The molecule has 126 valence electrons. The van der Waals surface area contributed by atoms with Crippen molar-refractivity contribution < 1.29 is 5.11 Å². The number of rotatable bonds is 5. The maximum absolute atomic E-state index is 10.4. The minimum atomic E-state index is -0.751. The fourth-order valence-electron chi connectivity index (χ4n) is 2.81. The van der Waals surface area contributed by atoms with Gasteiger partial charge in [0, 0.05) is 29.9 Å². The molecule has 0 aliphatic rings. The molecule has 1 unspecified atom stereocenters. The third-order valence-electron chi connectivity index (χ3n) is 4.24. The lowest BCUT2D eigenvalue weighted by molar-refractivity contribution is 0.137. The highest BCUT2D eigenvalue weighted by molar-refractivity contribution is 5.89. The van der Waals surface area contributed by atoms with Crippen LogP contribution in [-0.4, -0.2) is 25.3 Å². The Balaban J connectivity index is 1.49. The van der Waals surface area contributed by atoms with Gasteiger partial charge in [-0.15, -0.1) is 0 Å². The van der Waals surface area contributed by atoms with Gasteiger partial charge >= 0.3 is 0 Å². The second kappa shape index (κ2) is 6.51. The van der Waals surface area contributed by atoms with Crippen LogP contribution in [0.25, 0.3) is 22.4 Å². The molecule has 4 aromatic rings. The summed E-state index contributed by atoms with van der Waals surface area (Å²) >= 11 is 0. The third-order valence-corrected chi connectivity index (χ3v) is 4.24. The molecule has 0 fully saturated rings. The Bertz CT molecular complexity index is 986. The van der Waals surface area contributed by atoms with Crippen molar-refractivity contribution in [1.82, 2.24) is 25.5 Å². The van der Waals surface area contributed by atoms with Crippen molar-refractivity contribution in [3.63, 3.8) is 0 Å². The summed E-state index contributed by atoms with van der Waals surface area (Å²) in [7, 11) is 0. The number of aromatic nitrogens is 4. The van der Waals surface area contributed by atoms with Gasteiger partial charge in [-0.25, -0.2) is 4.98 Å². The highest BCUT2D eigenvalue weighted by Gasteiger charge is 2.13. The van der Waals surface area contributed by atoms with Crippen molar-refractivity contribution in [1.29, 1.82) is 0 Å². The van der Waals surface area contributed by atoms with Crippen LogP contribution in [0.5, 0.6) is 0 Å². The van der Waals surface area contributed by atoms with Crippen LogP contribution in [0.1, 0.15) is 22.9 Å². The number of aromatic amines is 2. The largest absolute Gasteiger partial charge is 0.374 e. The van der Waals surface area contributed by atoms with E-state index in [1.165, 1.54) is 5.56 Å². The Morgan fingerprint density at radius 3 is 2.88 bits per heavy atom. The van der Waals surface area contributed by atoms with Crippen LogP contribution in [-0.2, 0) is 6.54 Å². The van der Waals surface area contributed by atoms with Gasteiger partial charge in [0.05, 0.1) is 11.4 Å². The van der Waals surface area contributed by atoms with Crippen molar-refractivity contribution >= 4 is 11.0 Å². The van der Waals surface area contributed by atoms with Crippen LogP contribution < -0.4 is 5.32 Å². The van der Waals surface area contributed by atoms with Gasteiger partial charge in [-0.1, -0.05) is 29.8 Å². The zero-order valence-corrected chi connectivity index (χ0v) is 13.8. The van der Waals surface area contributed by atoms with E-state index >= 15 is 0 Å². The number of hydrogen-bond acceptors (Lipinski definition) is 4. The number of benzene rings is 1. The predicted molar refractivity (Wildman–Crippen MR) is 96.7 cm³/mol. The summed E-state index contributed by atoms with van der Waals surface area (Å²) in [6.07, 6.45) is 2.76. The van der Waals surface area contributed by atoms with Gasteiger partial charge < -0.3 is 10.1 Å². The van der Waals surface area contributed by atoms with Gasteiger partial charge in [-0.05, 0) is 30.7 Å². The first kappa shape index (κ1) is 15.6. The molecule has 4 N–H and O–H groups in total. The number of hydrogen-bond donors (Lipinski definition) is 4. The van der Waals surface area contributed by atoms with Gasteiger partial charge in [0.1, 0.15) is 6.23 Å². The Morgan fingerprint density at radius 1 is 1.20 bits per heavy atom. The molecule has 3 aromatic heterocycles. The van der Waals surface area contributed by atoms with E-state index in [4.69, 9.17) is 0 Å². The Labute approximate surface area is 144 Å². The number of pyridine rings is 1. The quantitative estimate of drug-likeness (QED) is 0.423. The normalized spacial score (nSPS) is 12.6. The zero-order valence-electron chi connectivity index (χ0n) is 13.8. The number of aliphatic hydroxyl groups excluding tert-OH is 1. The van der Waals surface area contributed by atoms with Crippen molar-refractivity contribution in [2.45, 2.75) is 19.7 Å². The van der Waals surface area contributed by atoms with E-state index in [0.717, 1.165) is 27.9 Å². The molecule has 6 nitrogen and oxygen atoms in total. The lowest BCUT2D eigenvalue weighted by Crippen LogP contribution is -2.19. The molecular formula is C19H19N5O. The van der Waals surface area contributed by atoms with Gasteiger partial charge in [-0.3, -0.25) is 10.4 Å². The highest BCUT2D eigenvalue weighted by atomic mass is 16.3. The number of fused-ring (bicyclic) bond motifs is 1. The Hall–Kier alpha value is -2.96. The maximum atomic E-state index is 10.4. The van der Waals surface area contributed by atoms with Crippen LogP contribution in [0.15, 0.2) is 54.9 Å². The van der Waals surface area contributed by atoms with Crippen LogP contribution in [0, 0.1) is 6.92 Å². The average Bonchev–Trinajstić information content (AvgIpc) is 3.27. The molecule has 0 amide bonds. The van der Waals surface area contributed by atoms with E-state index in [1.807, 2.05) is 18.2 Å². The standard InChI is InChI=1S/C19H19N5O/c1-12-4-6-13(7-5-12)10-22-19(25)14-9-16(21-11-14)17-15-3-2-8-20-18(15)24-23-17/h2-9,11,19,21-22,25H,10H2,1H3,(H,20,23,24). The summed E-state index contributed by atoms with van der Waals surface area (Å²) in [5, 5.41) is 21.7. The Kier molecular flexibility index (Phi) is 4.05. The fraction of sp³-hybridized carbons (Fsp3) is 0.158. The number of nitrogens with zero attached hydrogens (tertiary/aromatic N) is 2. The molecule has 1 aromatic carbocycles. The molecule has 0 bridgehead atoms. The summed E-state index contributed by atoms with van der Waals surface area (Å²) in [6, 6.07) is 14.0. The van der Waals surface area contributed by atoms with Crippen LogP contribution in [0.3, 0.4) is 0 Å². The SMILES string of the molecule is Cc1ccc(CNC(O)c2c[nH]c(-c3[nH]nc4ncccc34)c2)cc1. The second-order valence-corrected chi connectivity index (χ2v) is 6.09. The molecule has 6 heteroatoms. The molecule has 0 radical (unpaired) electrons. The molecular weight excluding hydrogens is 314 g/mol. The third kappa shape index (κ3) is 3.17. The molecule has 0 aliphatic heterocycles. The fourth-order valence-corrected chi connectivity index (χ4v) is 2.81. The van der Waals surface area contributed by atoms with Crippen LogP contribution >= 0.6 is 0 Å². The first-order chi connectivity index (χ1) is 12.2. The van der Waals surface area contributed by atoms with Crippen molar-refractivity contribution in [2.75, 3.05) is 0 Å². The molecule has 3 heterocycles. The van der Waals surface area contributed by atoms with Gasteiger partial charge in [-0.2, -0.15) is 5.10 Å². The highest BCUT2D eigenvalue weighted by Crippen LogP contribution is 2.26. The molecule has 0 saturated heterocycles. The van der Waals surface area contributed by atoms with E-state index < -0.39 is 6.23 Å². The summed E-state index contributed by atoms with van der Waals surface area (Å²) in [6.45, 7) is 2.65. The first-order valence-corrected chi connectivity index (χ1v) is 8.15. The first-order valence-electron chi connectivity index (χ1n) is 8.15. The summed E-state index contributed by atoms with van der Waals surface area (Å²) in [5.74, 6) is 0. The zero-order chi connectivity index (χ0) is 17.2. The van der Waals surface area contributed by atoms with E-state index in [-0.39, 0.29) is 0 Å². The van der Waals surface area contributed by atoms with Crippen molar-refractivity contribution in [2.24, 2.45) is 0 Å². The second-order valence-electron chi connectivity index (χ2n) is 6.09. The van der Waals surface area contributed by atoms with Crippen LogP contribution in [0.4, 0.5) is 0 Å². The lowest BCUT2D eigenvalue weighted by atomic mass is 10.1. The Morgan fingerprint density at radius 2 is 2.04 bits per heavy atom. The predicted octanol–water partition coefficient (Wildman–Crippen LogP) is 3.04. The average molecular weight is 333 g/mol. The maximum Gasteiger partial charge on any atom is 0.181 e. The van der Waals surface area contributed by atoms with Crippen LogP contribution in [0.2, 0.25) is 0 Å². The summed E-state index contributed by atoms with van der Waals surface area (Å²) in [4.78, 5) is 7.41. The van der Waals surface area contributed by atoms with Gasteiger partial charge in [0.25, 0.3) is 0 Å². The van der Waals surface area contributed by atoms with E-state index in [2.05, 4.69) is 56.7 Å². The number of H-pyrrole nitrogens is 2. The number of aliphatic hydroxyl groups is 1. The molecule has 0 aliphatic carbocycles. The summed E-state index contributed by atoms with van der Waals surface area (Å²) < 4.78 is 0. The molecule has 4 rings (SSSR count).